The van der Waals surface area contributed by atoms with Crippen LogP contribution in [0.5, 0.6) is 0 Å². The molecule has 0 spiro atoms. The van der Waals surface area contributed by atoms with Crippen molar-refractivity contribution in [1.29, 1.82) is 0 Å². The summed E-state index contributed by atoms with van der Waals surface area (Å²) in [4.78, 5) is 21.7. The van der Waals surface area contributed by atoms with Crippen LogP contribution in [-0.4, -0.2) is 24.0 Å². The van der Waals surface area contributed by atoms with E-state index in [1.165, 1.54) is 5.69 Å². The highest BCUT2D eigenvalue weighted by Crippen LogP contribution is 2.32. The Hall–Kier alpha value is -2.18. The zero-order chi connectivity index (χ0) is 19.4. The van der Waals surface area contributed by atoms with Gasteiger partial charge >= 0.3 is 0 Å². The van der Waals surface area contributed by atoms with E-state index in [1.54, 1.807) is 22.7 Å². The zero-order valence-corrected chi connectivity index (χ0v) is 17.8. The molecule has 1 N–H and O–H groups in total. The largest absolute Gasteiger partial charge is 0.372 e. The predicted molar refractivity (Wildman–Crippen MR) is 117 cm³/mol. The van der Waals surface area contributed by atoms with Crippen LogP contribution in [0.15, 0.2) is 35.7 Å². The van der Waals surface area contributed by atoms with Crippen molar-refractivity contribution in [1.82, 2.24) is 4.98 Å². The number of hydrogen-bond acceptors (Lipinski definition) is 5. The fourth-order valence-electron chi connectivity index (χ4n) is 3.11. The molecule has 6 heteroatoms. The third-order valence-corrected chi connectivity index (χ3v) is 6.34. The number of carbonyl (C=O) groups excluding carboxylic acids is 1. The number of aromatic nitrogens is 1. The van der Waals surface area contributed by atoms with Gasteiger partial charge in [-0.2, -0.15) is 0 Å². The lowest BCUT2D eigenvalue weighted by Gasteiger charge is -2.22. The number of benzene rings is 1. The molecule has 3 aromatic rings. The quantitative estimate of drug-likeness (QED) is 0.569. The van der Waals surface area contributed by atoms with Gasteiger partial charge in [0.05, 0.1) is 22.0 Å². The molecule has 1 amide bonds. The Morgan fingerprint density at radius 2 is 1.96 bits per heavy atom. The molecule has 4 nitrogen and oxygen atoms in total. The van der Waals surface area contributed by atoms with E-state index in [-0.39, 0.29) is 5.91 Å². The molecule has 0 bridgehead atoms. The Labute approximate surface area is 168 Å². The number of aryl methyl sites for hydroxylation is 2. The average Bonchev–Trinajstić information content (AvgIpc) is 3.28. The molecule has 0 saturated carbocycles. The minimum atomic E-state index is -0.00450. The molecule has 27 heavy (non-hydrogen) atoms. The number of amides is 1. The second-order valence-corrected chi connectivity index (χ2v) is 8.61. The van der Waals surface area contributed by atoms with Gasteiger partial charge in [0.2, 0.25) is 5.91 Å². The number of hydrogen-bond donors (Lipinski definition) is 1. The maximum Gasteiger partial charge on any atom is 0.229 e. The molecule has 0 aliphatic heterocycles. The van der Waals surface area contributed by atoms with Crippen molar-refractivity contribution < 1.29 is 4.79 Å². The Morgan fingerprint density at radius 1 is 1.19 bits per heavy atom. The highest BCUT2D eigenvalue weighted by Gasteiger charge is 2.16. The fourth-order valence-corrected chi connectivity index (χ4v) is 4.86. The molecule has 0 saturated heterocycles. The van der Waals surface area contributed by atoms with Gasteiger partial charge in [0.25, 0.3) is 0 Å². The van der Waals surface area contributed by atoms with Crippen molar-refractivity contribution in [3.63, 3.8) is 0 Å². The summed E-state index contributed by atoms with van der Waals surface area (Å²) in [6, 6.07) is 10.3. The maximum atomic E-state index is 12.7. The number of nitrogens with zero attached hydrogens (tertiary/aromatic N) is 2. The van der Waals surface area contributed by atoms with Crippen molar-refractivity contribution in [3.05, 3.63) is 51.2 Å². The second kappa shape index (κ2) is 8.67. The smallest absolute Gasteiger partial charge is 0.229 e. The van der Waals surface area contributed by atoms with E-state index < -0.39 is 0 Å². The molecule has 0 radical (unpaired) electrons. The number of nitrogens with one attached hydrogen (secondary N) is 1. The van der Waals surface area contributed by atoms with Crippen LogP contribution >= 0.6 is 22.7 Å². The molecular formula is C21H25N3OS2. The van der Waals surface area contributed by atoms with E-state index in [9.17, 15) is 4.79 Å². The van der Waals surface area contributed by atoms with Gasteiger partial charge in [-0.15, -0.1) is 22.7 Å². The molecule has 3 rings (SSSR count). The molecule has 0 unspecified atom stereocenters. The summed E-state index contributed by atoms with van der Waals surface area (Å²) >= 11 is 3.25. The lowest BCUT2D eigenvalue weighted by Crippen LogP contribution is -2.22. The van der Waals surface area contributed by atoms with Gasteiger partial charge < -0.3 is 10.2 Å². The number of carbonyl (C=O) groups is 1. The number of rotatable bonds is 7. The Balaban J connectivity index is 1.74. The highest BCUT2D eigenvalue weighted by molar-refractivity contribution is 7.15. The summed E-state index contributed by atoms with van der Waals surface area (Å²) in [7, 11) is 0. The lowest BCUT2D eigenvalue weighted by atomic mass is 10.1. The van der Waals surface area contributed by atoms with Crippen molar-refractivity contribution in [3.8, 4) is 10.6 Å². The lowest BCUT2D eigenvalue weighted by molar-refractivity contribution is -0.115. The van der Waals surface area contributed by atoms with Crippen molar-refractivity contribution in [2.75, 3.05) is 23.3 Å². The molecule has 0 aliphatic rings. The molecule has 1 aromatic carbocycles. The molecule has 2 heterocycles. The predicted octanol–water partition coefficient (Wildman–Crippen LogP) is 5.52. The molecule has 0 aliphatic carbocycles. The molecule has 2 aromatic heterocycles. The fraction of sp³-hybridized carbons (Fsp3) is 0.333. The summed E-state index contributed by atoms with van der Waals surface area (Å²) in [5.74, 6) is -0.00450. The zero-order valence-electron chi connectivity index (χ0n) is 16.2. The van der Waals surface area contributed by atoms with E-state index in [1.807, 2.05) is 31.4 Å². The molecule has 142 valence electrons. The first-order chi connectivity index (χ1) is 13.0. The van der Waals surface area contributed by atoms with E-state index in [2.05, 4.69) is 47.2 Å². The first kappa shape index (κ1) is 19.6. The van der Waals surface area contributed by atoms with Crippen LogP contribution in [0.3, 0.4) is 0 Å². The Morgan fingerprint density at radius 3 is 2.59 bits per heavy atom. The van der Waals surface area contributed by atoms with Crippen LogP contribution in [-0.2, 0) is 11.2 Å². The van der Waals surface area contributed by atoms with Gasteiger partial charge in [-0.05, 0) is 62.9 Å². The topological polar surface area (TPSA) is 45.2 Å². The van der Waals surface area contributed by atoms with E-state index in [0.717, 1.165) is 44.8 Å². The second-order valence-electron chi connectivity index (χ2n) is 6.38. The highest BCUT2D eigenvalue weighted by atomic mass is 32.1. The first-order valence-electron chi connectivity index (χ1n) is 9.17. The van der Waals surface area contributed by atoms with Gasteiger partial charge in [0.1, 0.15) is 0 Å². The van der Waals surface area contributed by atoms with Gasteiger partial charge in [-0.25, -0.2) is 4.98 Å². The van der Waals surface area contributed by atoms with Crippen LogP contribution < -0.4 is 10.2 Å². The minimum Gasteiger partial charge on any atom is -0.372 e. The SMILES string of the molecule is CCN(CC)c1ccc(NC(=O)Cc2sc(C)nc2-c2cccs2)c(C)c1. The Bertz CT molecular complexity index is 912. The van der Waals surface area contributed by atoms with E-state index in [0.29, 0.717) is 6.42 Å². The van der Waals surface area contributed by atoms with Gasteiger partial charge in [0.15, 0.2) is 0 Å². The number of thiazole rings is 1. The minimum absolute atomic E-state index is 0.00450. The summed E-state index contributed by atoms with van der Waals surface area (Å²) < 4.78 is 0. The van der Waals surface area contributed by atoms with Gasteiger partial charge in [-0.1, -0.05) is 6.07 Å². The summed E-state index contributed by atoms with van der Waals surface area (Å²) in [5, 5.41) is 6.09. The molecule has 0 atom stereocenters. The maximum absolute atomic E-state index is 12.7. The molecule has 0 fully saturated rings. The van der Waals surface area contributed by atoms with Crippen LogP contribution in [0.2, 0.25) is 0 Å². The third-order valence-electron chi connectivity index (χ3n) is 4.49. The van der Waals surface area contributed by atoms with Gasteiger partial charge in [0, 0.05) is 29.3 Å². The molecular weight excluding hydrogens is 374 g/mol. The van der Waals surface area contributed by atoms with Crippen molar-refractivity contribution in [2.45, 2.75) is 34.1 Å². The monoisotopic (exact) mass is 399 g/mol. The van der Waals surface area contributed by atoms with Crippen LogP contribution in [0.25, 0.3) is 10.6 Å². The normalized spacial score (nSPS) is 10.8. The van der Waals surface area contributed by atoms with Crippen LogP contribution in [0.4, 0.5) is 11.4 Å². The standard InChI is InChI=1S/C21H25N3OS2/c1-5-24(6-2)16-9-10-17(14(3)12-16)23-20(25)13-19-21(22-15(4)27-19)18-8-7-11-26-18/h7-12H,5-6,13H2,1-4H3,(H,23,25). The van der Waals surface area contributed by atoms with Crippen LogP contribution in [0, 0.1) is 13.8 Å². The van der Waals surface area contributed by atoms with Gasteiger partial charge in [-0.3, -0.25) is 4.79 Å². The summed E-state index contributed by atoms with van der Waals surface area (Å²) in [5.41, 5.74) is 4.08. The number of thiophene rings is 1. The summed E-state index contributed by atoms with van der Waals surface area (Å²) in [6.07, 6.45) is 0.343. The summed E-state index contributed by atoms with van der Waals surface area (Å²) in [6.45, 7) is 10.3. The van der Waals surface area contributed by atoms with E-state index in [4.69, 9.17) is 0 Å². The Kier molecular flexibility index (Phi) is 6.29. The van der Waals surface area contributed by atoms with Crippen molar-refractivity contribution >= 4 is 40.0 Å². The average molecular weight is 400 g/mol. The van der Waals surface area contributed by atoms with Crippen molar-refractivity contribution in [2.24, 2.45) is 0 Å². The number of anilines is 2. The third kappa shape index (κ3) is 4.57. The van der Waals surface area contributed by atoms with E-state index >= 15 is 0 Å². The first-order valence-corrected chi connectivity index (χ1v) is 10.9. The van der Waals surface area contributed by atoms with Crippen LogP contribution in [0.1, 0.15) is 29.3 Å².